The number of fused-ring (bicyclic) bond motifs is 1. The Morgan fingerprint density at radius 2 is 1.89 bits per heavy atom. The summed E-state index contributed by atoms with van der Waals surface area (Å²) in [7, 11) is 0. The molecule has 158 valence electrons. The van der Waals surface area contributed by atoms with Gasteiger partial charge < -0.3 is 5.11 Å². The van der Waals surface area contributed by atoms with Gasteiger partial charge in [0.2, 0.25) is 0 Å². The maximum absolute atomic E-state index is 10.0. The van der Waals surface area contributed by atoms with E-state index < -0.39 is 0 Å². The first kappa shape index (κ1) is 21.9. The maximum atomic E-state index is 10.0. The van der Waals surface area contributed by atoms with Crippen LogP contribution in [0.2, 0.25) is 0 Å². The summed E-state index contributed by atoms with van der Waals surface area (Å²) in [4.78, 5) is 0. The first-order chi connectivity index (χ1) is 13.3. The largest absolute Gasteiger partial charge is 0.393 e. The fourth-order valence-electron chi connectivity index (χ4n) is 6.66. The second-order valence-electron chi connectivity index (χ2n) is 10.8. The van der Waals surface area contributed by atoms with Gasteiger partial charge in [0.15, 0.2) is 0 Å². The van der Waals surface area contributed by atoms with E-state index in [2.05, 4.69) is 46.4 Å². The molecule has 4 unspecified atom stereocenters. The Kier molecular flexibility index (Phi) is 7.29. The van der Waals surface area contributed by atoms with Gasteiger partial charge in [-0.05, 0) is 86.0 Å². The third-order valence-corrected chi connectivity index (χ3v) is 8.35. The highest BCUT2D eigenvalue weighted by Gasteiger charge is 2.50. The van der Waals surface area contributed by atoms with Crippen LogP contribution >= 0.6 is 0 Å². The van der Waals surface area contributed by atoms with Gasteiger partial charge in [0.05, 0.1) is 6.10 Å². The van der Waals surface area contributed by atoms with Crippen LogP contribution in [0.25, 0.3) is 0 Å². The SMILES string of the molecule is C=C1CC[C@H](O)CC1=CC=C1CCCC2(C)C1CCC2C(C)CCCC(C)C. The van der Waals surface area contributed by atoms with Gasteiger partial charge in [0.1, 0.15) is 0 Å². The molecule has 0 saturated heterocycles. The van der Waals surface area contributed by atoms with Gasteiger partial charge in [-0.3, -0.25) is 0 Å². The molecule has 1 nitrogen and oxygen atoms in total. The summed E-state index contributed by atoms with van der Waals surface area (Å²) >= 11 is 0. The molecule has 0 aromatic heterocycles. The standard InChI is InChI=1S/C27H44O/c1-19(2)8-6-9-21(4)25-15-16-26-22(10-7-17-27(25,26)5)12-13-23-18-24(28)14-11-20(23)3/h12-13,19,21,24-26,28H,3,6-11,14-18H2,1-2,4-5H3/t21?,24-,25?,26?,27?/m0/s1. The number of hydrogen-bond acceptors (Lipinski definition) is 1. The summed E-state index contributed by atoms with van der Waals surface area (Å²) < 4.78 is 0. The molecule has 0 aromatic rings. The van der Waals surface area contributed by atoms with Crippen LogP contribution in [0.1, 0.15) is 98.3 Å². The molecule has 1 N–H and O–H groups in total. The van der Waals surface area contributed by atoms with Gasteiger partial charge in [-0.2, -0.15) is 0 Å². The van der Waals surface area contributed by atoms with Gasteiger partial charge in [-0.15, -0.1) is 0 Å². The van der Waals surface area contributed by atoms with Crippen molar-refractivity contribution in [3.63, 3.8) is 0 Å². The topological polar surface area (TPSA) is 20.2 Å². The molecule has 5 atom stereocenters. The van der Waals surface area contributed by atoms with Crippen molar-refractivity contribution in [2.24, 2.45) is 29.1 Å². The molecule has 0 radical (unpaired) electrons. The summed E-state index contributed by atoms with van der Waals surface area (Å²) in [5, 5.41) is 10.0. The average molecular weight is 385 g/mol. The molecule has 0 aromatic carbocycles. The maximum Gasteiger partial charge on any atom is 0.0583 e. The number of allylic oxidation sites excluding steroid dienone is 4. The molecular weight excluding hydrogens is 340 g/mol. The predicted molar refractivity (Wildman–Crippen MR) is 121 cm³/mol. The van der Waals surface area contributed by atoms with Crippen LogP contribution < -0.4 is 0 Å². The zero-order valence-corrected chi connectivity index (χ0v) is 19.0. The van der Waals surface area contributed by atoms with Crippen LogP contribution in [0, 0.1) is 29.1 Å². The van der Waals surface area contributed by atoms with Crippen LogP contribution in [0.3, 0.4) is 0 Å². The third-order valence-electron chi connectivity index (χ3n) is 8.35. The van der Waals surface area contributed by atoms with E-state index in [0.29, 0.717) is 5.41 Å². The number of aliphatic hydroxyl groups is 1. The Morgan fingerprint density at radius 3 is 2.64 bits per heavy atom. The lowest BCUT2D eigenvalue weighted by Crippen LogP contribution is -2.36. The second-order valence-corrected chi connectivity index (χ2v) is 10.8. The van der Waals surface area contributed by atoms with Gasteiger partial charge in [0.25, 0.3) is 0 Å². The van der Waals surface area contributed by atoms with E-state index in [1.54, 1.807) is 5.57 Å². The van der Waals surface area contributed by atoms with E-state index in [9.17, 15) is 5.11 Å². The fraction of sp³-hybridized carbons (Fsp3) is 0.778. The summed E-state index contributed by atoms with van der Waals surface area (Å²) in [6.07, 6.45) is 18.2. The molecule has 3 aliphatic carbocycles. The molecule has 0 aliphatic heterocycles. The van der Waals surface area contributed by atoms with E-state index in [4.69, 9.17) is 0 Å². The van der Waals surface area contributed by atoms with Crippen LogP contribution in [0.5, 0.6) is 0 Å². The smallest absolute Gasteiger partial charge is 0.0583 e. The lowest BCUT2D eigenvalue weighted by Gasteiger charge is -2.44. The zero-order valence-electron chi connectivity index (χ0n) is 19.0. The molecular formula is C27H44O. The van der Waals surface area contributed by atoms with E-state index in [1.807, 2.05) is 0 Å². The lowest BCUT2D eigenvalue weighted by atomic mass is 9.60. The van der Waals surface area contributed by atoms with Crippen LogP contribution in [-0.2, 0) is 0 Å². The minimum atomic E-state index is -0.172. The van der Waals surface area contributed by atoms with Gasteiger partial charge in [0, 0.05) is 0 Å². The Bertz CT molecular complexity index is 610. The van der Waals surface area contributed by atoms with Crippen molar-refractivity contribution < 1.29 is 5.11 Å². The zero-order chi connectivity index (χ0) is 20.3. The van der Waals surface area contributed by atoms with Gasteiger partial charge in [-0.25, -0.2) is 0 Å². The van der Waals surface area contributed by atoms with Crippen molar-refractivity contribution in [1.29, 1.82) is 0 Å². The van der Waals surface area contributed by atoms with Crippen LogP contribution in [0.4, 0.5) is 0 Å². The molecule has 3 saturated carbocycles. The molecule has 1 heteroatoms. The highest BCUT2D eigenvalue weighted by Crippen LogP contribution is 2.59. The number of rotatable bonds is 6. The monoisotopic (exact) mass is 384 g/mol. The summed E-state index contributed by atoms with van der Waals surface area (Å²) in [5.41, 5.74) is 4.72. The predicted octanol–water partition coefficient (Wildman–Crippen LogP) is 7.62. The fourth-order valence-corrected chi connectivity index (χ4v) is 6.66. The average Bonchev–Trinajstić information content (AvgIpc) is 2.99. The summed E-state index contributed by atoms with van der Waals surface area (Å²) in [6.45, 7) is 14.1. The minimum absolute atomic E-state index is 0.172. The highest BCUT2D eigenvalue weighted by molar-refractivity contribution is 5.36. The van der Waals surface area contributed by atoms with Crippen LogP contribution in [0.15, 0.2) is 35.5 Å². The van der Waals surface area contributed by atoms with Gasteiger partial charge in [-0.1, -0.05) is 76.8 Å². The van der Waals surface area contributed by atoms with Crippen molar-refractivity contribution in [2.75, 3.05) is 0 Å². The van der Waals surface area contributed by atoms with E-state index in [1.165, 1.54) is 62.5 Å². The number of aliphatic hydroxyl groups excluding tert-OH is 1. The van der Waals surface area contributed by atoms with Crippen molar-refractivity contribution >= 4 is 0 Å². The first-order valence-corrected chi connectivity index (χ1v) is 12.1. The molecule has 0 spiro atoms. The normalized spacial score (nSPS) is 37.6. The Balaban J connectivity index is 1.70. The van der Waals surface area contributed by atoms with E-state index >= 15 is 0 Å². The van der Waals surface area contributed by atoms with Crippen molar-refractivity contribution in [3.8, 4) is 0 Å². The minimum Gasteiger partial charge on any atom is -0.393 e. The van der Waals surface area contributed by atoms with E-state index in [0.717, 1.165) is 42.9 Å². The molecule has 28 heavy (non-hydrogen) atoms. The van der Waals surface area contributed by atoms with E-state index in [-0.39, 0.29) is 6.10 Å². The quantitative estimate of drug-likeness (QED) is 0.499. The Labute approximate surface area is 174 Å². The Morgan fingerprint density at radius 1 is 1.11 bits per heavy atom. The van der Waals surface area contributed by atoms with Crippen molar-refractivity contribution in [1.82, 2.24) is 0 Å². The second kappa shape index (κ2) is 9.33. The van der Waals surface area contributed by atoms with Crippen molar-refractivity contribution in [3.05, 3.63) is 35.5 Å². The summed E-state index contributed by atoms with van der Waals surface area (Å²) in [6, 6.07) is 0. The van der Waals surface area contributed by atoms with Crippen LogP contribution in [-0.4, -0.2) is 11.2 Å². The molecule has 0 bridgehead atoms. The molecule has 3 fully saturated rings. The first-order valence-electron chi connectivity index (χ1n) is 12.1. The molecule has 0 amide bonds. The highest BCUT2D eigenvalue weighted by atomic mass is 16.3. The van der Waals surface area contributed by atoms with Gasteiger partial charge >= 0.3 is 0 Å². The lowest BCUT2D eigenvalue weighted by molar-refractivity contribution is 0.0929. The molecule has 3 aliphatic rings. The summed E-state index contributed by atoms with van der Waals surface area (Å²) in [5.74, 6) is 3.37. The van der Waals surface area contributed by atoms with Crippen molar-refractivity contribution in [2.45, 2.75) is 104 Å². The Hall–Kier alpha value is -0.820. The third kappa shape index (κ3) is 4.84. The molecule has 3 rings (SSSR count). The molecule has 0 heterocycles. The number of hydrogen-bond donors (Lipinski definition) is 1.